The lowest BCUT2D eigenvalue weighted by Gasteiger charge is -2.23. The predicted octanol–water partition coefficient (Wildman–Crippen LogP) is 3.20. The average molecular weight is 416 g/mol. The summed E-state index contributed by atoms with van der Waals surface area (Å²) >= 11 is 0. The number of hydrogen-bond donors (Lipinski definition) is 4. The van der Waals surface area contributed by atoms with Gasteiger partial charge in [0, 0.05) is 35.0 Å². The van der Waals surface area contributed by atoms with Crippen molar-refractivity contribution >= 4 is 34.2 Å². The minimum Gasteiger partial charge on any atom is -0.361 e. The molecule has 0 aliphatic carbocycles. The van der Waals surface area contributed by atoms with E-state index in [0.29, 0.717) is 30.8 Å². The van der Waals surface area contributed by atoms with Crippen LogP contribution in [0, 0.1) is 11.3 Å². The molecule has 1 saturated heterocycles. The molecule has 2 atom stereocenters. The number of nitrogens with one attached hydrogen (secondary N) is 3. The number of likely N-dealkylation sites (tertiary alicyclic amines) is 1. The van der Waals surface area contributed by atoms with Crippen molar-refractivity contribution in [2.75, 3.05) is 17.2 Å². The molecule has 1 fully saturated rings. The van der Waals surface area contributed by atoms with Gasteiger partial charge in [0.25, 0.3) is 0 Å². The molecule has 0 bridgehead atoms. The van der Waals surface area contributed by atoms with Crippen molar-refractivity contribution in [3.8, 4) is 6.07 Å². The van der Waals surface area contributed by atoms with Gasteiger partial charge in [0.15, 0.2) is 0 Å². The molecule has 5 N–H and O–H groups in total. The first-order valence-corrected chi connectivity index (χ1v) is 10.2. The summed E-state index contributed by atoms with van der Waals surface area (Å²) in [6.07, 6.45) is 3.69. The second-order valence-corrected chi connectivity index (χ2v) is 7.65. The van der Waals surface area contributed by atoms with E-state index in [1.165, 1.54) is 0 Å². The number of hydrogen-bond acceptors (Lipinski definition) is 4. The van der Waals surface area contributed by atoms with Crippen LogP contribution in [0.2, 0.25) is 0 Å². The number of nitrogens with two attached hydrogens (primary N) is 1. The van der Waals surface area contributed by atoms with Gasteiger partial charge < -0.3 is 26.3 Å². The van der Waals surface area contributed by atoms with E-state index < -0.39 is 6.04 Å². The van der Waals surface area contributed by atoms with E-state index in [-0.39, 0.29) is 18.0 Å². The topological polar surface area (TPSA) is 127 Å². The molecule has 8 heteroatoms. The number of benzene rings is 2. The smallest absolute Gasteiger partial charge is 0.323 e. The number of para-hydroxylation sites is 1. The van der Waals surface area contributed by atoms with Crippen LogP contribution in [0.1, 0.15) is 18.4 Å². The van der Waals surface area contributed by atoms with E-state index in [1.807, 2.05) is 48.7 Å². The fourth-order valence-corrected chi connectivity index (χ4v) is 3.94. The molecule has 2 heterocycles. The zero-order valence-electron chi connectivity index (χ0n) is 17.0. The first kappa shape index (κ1) is 20.4. The van der Waals surface area contributed by atoms with Gasteiger partial charge in [-0.3, -0.25) is 4.79 Å². The monoisotopic (exact) mass is 416 g/mol. The Balaban J connectivity index is 1.46. The summed E-state index contributed by atoms with van der Waals surface area (Å²) in [6, 6.07) is 15.4. The number of aromatic nitrogens is 1. The molecule has 158 valence electrons. The standard InChI is InChI=1S/C23H24N6O2/c24-13-18-7-4-10-29(18)22(30)20(25)11-15-14-26-21-9-8-17(12-19(15)21)28-23(31)27-16-5-2-1-3-6-16/h1-3,5-6,8-9,12,14,18,20,26H,4,7,10-11,25H2,(H2,27,28,31). The van der Waals surface area contributed by atoms with Crippen molar-refractivity contribution in [3.05, 3.63) is 60.3 Å². The number of carbonyl (C=O) groups is 2. The molecular formula is C23H24N6O2. The molecule has 0 saturated carbocycles. The lowest BCUT2D eigenvalue weighted by Crippen LogP contribution is -2.46. The second kappa shape index (κ2) is 8.90. The molecule has 3 aromatic rings. The fourth-order valence-electron chi connectivity index (χ4n) is 3.94. The molecule has 1 aromatic heterocycles. The highest BCUT2D eigenvalue weighted by Crippen LogP contribution is 2.25. The molecule has 3 amide bonds. The first-order valence-electron chi connectivity index (χ1n) is 10.2. The zero-order valence-corrected chi connectivity index (χ0v) is 17.0. The molecular weight excluding hydrogens is 392 g/mol. The van der Waals surface area contributed by atoms with Crippen molar-refractivity contribution in [2.24, 2.45) is 5.73 Å². The molecule has 2 aromatic carbocycles. The third-order valence-electron chi connectivity index (χ3n) is 5.50. The quantitative estimate of drug-likeness (QED) is 0.509. The van der Waals surface area contributed by atoms with Crippen LogP contribution < -0.4 is 16.4 Å². The molecule has 0 spiro atoms. The van der Waals surface area contributed by atoms with Crippen molar-refractivity contribution in [1.29, 1.82) is 5.26 Å². The Morgan fingerprint density at radius 1 is 1.19 bits per heavy atom. The number of nitrogens with zero attached hydrogens (tertiary/aromatic N) is 2. The van der Waals surface area contributed by atoms with E-state index in [4.69, 9.17) is 5.73 Å². The van der Waals surface area contributed by atoms with E-state index in [9.17, 15) is 14.9 Å². The average Bonchev–Trinajstić information content (AvgIpc) is 3.41. The largest absolute Gasteiger partial charge is 0.361 e. The van der Waals surface area contributed by atoms with Crippen molar-refractivity contribution < 1.29 is 9.59 Å². The Morgan fingerprint density at radius 3 is 2.74 bits per heavy atom. The summed E-state index contributed by atoms with van der Waals surface area (Å²) in [7, 11) is 0. The van der Waals surface area contributed by atoms with Crippen LogP contribution in [-0.4, -0.2) is 40.5 Å². The van der Waals surface area contributed by atoms with Crippen molar-refractivity contribution in [2.45, 2.75) is 31.3 Å². The summed E-state index contributed by atoms with van der Waals surface area (Å²) in [6.45, 7) is 0.573. The van der Waals surface area contributed by atoms with Crippen LogP contribution in [0.25, 0.3) is 10.9 Å². The predicted molar refractivity (Wildman–Crippen MR) is 119 cm³/mol. The van der Waals surface area contributed by atoms with Crippen LogP contribution in [0.15, 0.2) is 54.7 Å². The Bertz CT molecular complexity index is 1130. The lowest BCUT2D eigenvalue weighted by molar-refractivity contribution is -0.132. The SMILES string of the molecule is N#CC1CCCN1C(=O)C(N)Cc1c[nH]c2ccc(NC(=O)Nc3ccccc3)cc12. The number of carbonyl (C=O) groups excluding carboxylic acids is 2. The zero-order chi connectivity index (χ0) is 21.8. The molecule has 0 radical (unpaired) electrons. The number of fused-ring (bicyclic) bond motifs is 1. The summed E-state index contributed by atoms with van der Waals surface area (Å²) < 4.78 is 0. The Morgan fingerprint density at radius 2 is 1.97 bits per heavy atom. The minimum atomic E-state index is -0.731. The Hall–Kier alpha value is -3.83. The Kier molecular flexibility index (Phi) is 5.87. The number of urea groups is 1. The van der Waals surface area contributed by atoms with Crippen LogP contribution in [0.5, 0.6) is 0 Å². The molecule has 31 heavy (non-hydrogen) atoms. The number of aromatic amines is 1. The number of nitriles is 1. The maximum Gasteiger partial charge on any atom is 0.323 e. The summed E-state index contributed by atoms with van der Waals surface area (Å²) in [5.41, 5.74) is 9.31. The normalized spacial score (nSPS) is 16.6. The second-order valence-electron chi connectivity index (χ2n) is 7.65. The van der Waals surface area contributed by atoms with Crippen LogP contribution in [0.4, 0.5) is 16.2 Å². The molecule has 4 rings (SSSR count). The van der Waals surface area contributed by atoms with Gasteiger partial charge in [0.05, 0.1) is 12.1 Å². The van der Waals surface area contributed by atoms with Gasteiger partial charge in [-0.05, 0) is 55.2 Å². The summed E-state index contributed by atoms with van der Waals surface area (Å²) in [4.78, 5) is 29.8. The third kappa shape index (κ3) is 4.52. The molecule has 1 aliphatic rings. The van der Waals surface area contributed by atoms with Crippen LogP contribution in [0.3, 0.4) is 0 Å². The Labute approximate surface area is 180 Å². The molecule has 1 aliphatic heterocycles. The number of amides is 3. The van der Waals surface area contributed by atoms with Gasteiger partial charge in [-0.2, -0.15) is 5.26 Å². The summed E-state index contributed by atoms with van der Waals surface area (Å²) in [5, 5.41) is 15.7. The van der Waals surface area contributed by atoms with Crippen molar-refractivity contribution in [1.82, 2.24) is 9.88 Å². The van der Waals surface area contributed by atoms with E-state index in [0.717, 1.165) is 22.9 Å². The molecule has 8 nitrogen and oxygen atoms in total. The third-order valence-corrected chi connectivity index (χ3v) is 5.50. The van der Waals surface area contributed by atoms with Gasteiger partial charge >= 0.3 is 6.03 Å². The maximum atomic E-state index is 12.7. The van der Waals surface area contributed by atoms with Crippen LogP contribution in [-0.2, 0) is 11.2 Å². The minimum absolute atomic E-state index is 0.199. The van der Waals surface area contributed by atoms with E-state index in [2.05, 4.69) is 21.7 Å². The number of H-pyrrole nitrogens is 1. The van der Waals surface area contributed by atoms with Crippen molar-refractivity contribution in [3.63, 3.8) is 0 Å². The molecule has 2 unspecified atom stereocenters. The van der Waals surface area contributed by atoms with Gasteiger partial charge in [-0.15, -0.1) is 0 Å². The number of rotatable bonds is 5. The number of anilines is 2. The summed E-state index contributed by atoms with van der Waals surface area (Å²) in [5.74, 6) is -0.199. The van der Waals surface area contributed by atoms with E-state index in [1.54, 1.807) is 11.0 Å². The highest BCUT2D eigenvalue weighted by atomic mass is 16.2. The van der Waals surface area contributed by atoms with E-state index >= 15 is 0 Å². The lowest BCUT2D eigenvalue weighted by atomic mass is 10.0. The fraction of sp³-hybridized carbons (Fsp3) is 0.261. The van der Waals surface area contributed by atoms with Crippen LogP contribution >= 0.6 is 0 Å². The van der Waals surface area contributed by atoms with Gasteiger partial charge in [0.2, 0.25) is 5.91 Å². The maximum absolute atomic E-state index is 12.7. The van der Waals surface area contributed by atoms with Gasteiger partial charge in [-0.25, -0.2) is 4.79 Å². The highest BCUT2D eigenvalue weighted by molar-refractivity contribution is 6.01. The van der Waals surface area contributed by atoms with Gasteiger partial charge in [-0.1, -0.05) is 18.2 Å². The van der Waals surface area contributed by atoms with Gasteiger partial charge in [0.1, 0.15) is 6.04 Å². The highest BCUT2D eigenvalue weighted by Gasteiger charge is 2.31. The first-order chi connectivity index (χ1) is 15.0.